The van der Waals surface area contributed by atoms with Gasteiger partial charge in [0.2, 0.25) is 0 Å². The minimum atomic E-state index is -1.78. The van der Waals surface area contributed by atoms with Crippen molar-refractivity contribution in [3.63, 3.8) is 0 Å². The van der Waals surface area contributed by atoms with Crippen LogP contribution >= 0.6 is 0 Å². The number of carbonyl (C=O) groups is 1. The van der Waals surface area contributed by atoms with Crippen LogP contribution in [0.15, 0.2) is 0 Å². The van der Waals surface area contributed by atoms with Gasteiger partial charge in [-0.15, -0.1) is 0 Å². The molecule has 14 nitrogen and oxygen atoms in total. The van der Waals surface area contributed by atoms with E-state index in [4.69, 9.17) is 28.4 Å². The molecular formula is C40H76N2O12. The third-order valence-corrected chi connectivity index (χ3v) is 12.6. The second kappa shape index (κ2) is 19.2. The predicted molar refractivity (Wildman–Crippen MR) is 203 cm³/mol. The van der Waals surface area contributed by atoms with Crippen molar-refractivity contribution in [3.8, 4) is 0 Å². The van der Waals surface area contributed by atoms with Crippen LogP contribution < -0.4 is 0 Å². The Labute approximate surface area is 324 Å². The van der Waals surface area contributed by atoms with E-state index in [0.29, 0.717) is 19.5 Å². The number of hydrogen-bond donors (Lipinski definition) is 5. The molecule has 3 saturated heterocycles. The van der Waals surface area contributed by atoms with Crippen LogP contribution in [0.2, 0.25) is 0 Å². The normalized spacial score (nSPS) is 45.4. The molecule has 0 bridgehead atoms. The molecule has 0 aromatic rings. The maximum atomic E-state index is 14.5. The fourth-order valence-corrected chi connectivity index (χ4v) is 9.14. The summed E-state index contributed by atoms with van der Waals surface area (Å²) in [4.78, 5) is 18.6. The van der Waals surface area contributed by atoms with Crippen molar-refractivity contribution in [2.75, 3.05) is 34.3 Å². The summed E-state index contributed by atoms with van der Waals surface area (Å²) >= 11 is 0. The zero-order valence-corrected chi connectivity index (χ0v) is 35.6. The Morgan fingerprint density at radius 1 is 1.04 bits per heavy atom. The summed E-state index contributed by atoms with van der Waals surface area (Å²) in [5, 5.41) is 58.1. The zero-order chi connectivity index (χ0) is 41.1. The Morgan fingerprint density at radius 2 is 1.67 bits per heavy atom. The van der Waals surface area contributed by atoms with Gasteiger partial charge in [-0.05, 0) is 94.8 Å². The van der Waals surface area contributed by atoms with E-state index >= 15 is 0 Å². The number of nitrogens with zero attached hydrogens (tertiary/aromatic N) is 2. The van der Waals surface area contributed by atoms with E-state index in [1.54, 1.807) is 34.6 Å². The van der Waals surface area contributed by atoms with Crippen LogP contribution in [0.1, 0.15) is 108 Å². The highest BCUT2D eigenvalue weighted by Gasteiger charge is 2.53. The summed E-state index contributed by atoms with van der Waals surface area (Å²) in [6.45, 7) is 20.9. The van der Waals surface area contributed by atoms with E-state index in [9.17, 15) is 30.3 Å². The number of likely N-dealkylation sites (N-methyl/N-ethyl adjacent to an activating group) is 1. The highest BCUT2D eigenvalue weighted by atomic mass is 16.7. The number of rotatable bonds is 11. The lowest BCUT2D eigenvalue weighted by atomic mass is 9.78. The van der Waals surface area contributed by atoms with Crippen molar-refractivity contribution >= 4 is 5.97 Å². The molecule has 18 atom stereocenters. The molecule has 0 aliphatic carbocycles. The van der Waals surface area contributed by atoms with E-state index in [1.807, 2.05) is 46.7 Å². The van der Waals surface area contributed by atoms with Gasteiger partial charge in [-0.1, -0.05) is 27.7 Å². The summed E-state index contributed by atoms with van der Waals surface area (Å²) in [7, 11) is 5.30. The average molecular weight is 777 g/mol. The molecule has 3 aliphatic heterocycles. The summed E-state index contributed by atoms with van der Waals surface area (Å²) in [5.41, 5.74) is -4.35. The Balaban J connectivity index is 2.22. The van der Waals surface area contributed by atoms with Crippen LogP contribution in [0.3, 0.4) is 0 Å². The van der Waals surface area contributed by atoms with Gasteiger partial charge in [-0.2, -0.15) is 0 Å². The molecular weight excluding hydrogens is 700 g/mol. The van der Waals surface area contributed by atoms with Gasteiger partial charge < -0.3 is 63.8 Å². The fraction of sp³-hybridized carbons (Fsp3) is 0.975. The first-order chi connectivity index (χ1) is 24.9. The van der Waals surface area contributed by atoms with Crippen molar-refractivity contribution in [2.45, 2.75) is 199 Å². The SMILES string of the molecule is CCCN1C[C@H](C)[C@H]([C@](C)(O)[C@@H](O)CC)OC(=O)[C@H](C)[C@@H](O[C@H]2C[C@@](C)(OC)[C@@H](O)[C@H](C)O2)[C@H](C)[C@@H](O[C@@H]2O[C@H](C)C[C@H](N(C)C)C2O)[C@](C)(O)C[C@H]1C. The Bertz CT molecular complexity index is 1180. The number of cyclic esters (lactones) is 1. The minimum absolute atomic E-state index is 0.133. The summed E-state index contributed by atoms with van der Waals surface area (Å²) in [5.74, 6) is -2.87. The highest BCUT2D eigenvalue weighted by Crippen LogP contribution is 2.40. The summed E-state index contributed by atoms with van der Waals surface area (Å²) < 4.78 is 38.0. The number of esters is 1. The molecule has 0 aromatic carbocycles. The molecule has 0 aromatic heterocycles. The molecule has 0 spiro atoms. The Hall–Kier alpha value is -1.01. The topological polar surface area (TPSA) is 180 Å². The quantitative estimate of drug-likeness (QED) is 0.193. The smallest absolute Gasteiger partial charge is 0.311 e. The zero-order valence-electron chi connectivity index (χ0n) is 35.6. The predicted octanol–water partition coefficient (Wildman–Crippen LogP) is 2.68. The number of aliphatic hydroxyl groups is 5. The van der Waals surface area contributed by atoms with Gasteiger partial charge >= 0.3 is 5.97 Å². The molecule has 0 saturated carbocycles. The van der Waals surface area contributed by atoms with Gasteiger partial charge in [0, 0.05) is 44.0 Å². The third-order valence-electron chi connectivity index (χ3n) is 12.6. The number of ether oxygens (including phenoxy) is 6. The van der Waals surface area contributed by atoms with Crippen molar-refractivity contribution < 1.29 is 58.7 Å². The van der Waals surface area contributed by atoms with Crippen LogP contribution in [-0.2, 0) is 33.2 Å². The van der Waals surface area contributed by atoms with Gasteiger partial charge in [-0.3, -0.25) is 4.79 Å². The van der Waals surface area contributed by atoms with Gasteiger partial charge in [0.15, 0.2) is 12.6 Å². The molecule has 3 fully saturated rings. The Kier molecular flexibility index (Phi) is 16.8. The molecule has 3 aliphatic rings. The molecule has 5 N–H and O–H groups in total. The van der Waals surface area contributed by atoms with Crippen LogP contribution in [-0.4, -0.2) is 166 Å². The lowest BCUT2D eigenvalue weighted by Gasteiger charge is -2.49. The van der Waals surface area contributed by atoms with Crippen LogP contribution in [0.5, 0.6) is 0 Å². The second-order valence-corrected chi connectivity index (χ2v) is 17.7. The van der Waals surface area contributed by atoms with Gasteiger partial charge in [-0.25, -0.2) is 0 Å². The molecule has 318 valence electrons. The molecule has 54 heavy (non-hydrogen) atoms. The average Bonchev–Trinajstić information content (AvgIpc) is 3.09. The van der Waals surface area contributed by atoms with Gasteiger partial charge in [0.1, 0.15) is 23.9 Å². The van der Waals surface area contributed by atoms with Crippen molar-refractivity contribution in [2.24, 2.45) is 17.8 Å². The first-order valence-corrected chi connectivity index (χ1v) is 20.2. The number of hydrogen-bond acceptors (Lipinski definition) is 14. The van der Waals surface area contributed by atoms with Crippen molar-refractivity contribution in [3.05, 3.63) is 0 Å². The van der Waals surface area contributed by atoms with Crippen LogP contribution in [0.4, 0.5) is 0 Å². The second-order valence-electron chi connectivity index (χ2n) is 17.7. The summed E-state index contributed by atoms with van der Waals surface area (Å²) in [6.07, 6.45) is -7.28. The monoisotopic (exact) mass is 777 g/mol. The molecule has 0 amide bonds. The molecule has 3 rings (SSSR count). The van der Waals surface area contributed by atoms with Crippen LogP contribution in [0, 0.1) is 17.8 Å². The number of carbonyl (C=O) groups excluding carboxylic acids is 1. The maximum absolute atomic E-state index is 14.5. The van der Waals surface area contributed by atoms with Crippen LogP contribution in [0.25, 0.3) is 0 Å². The molecule has 1 unspecified atom stereocenters. The van der Waals surface area contributed by atoms with E-state index < -0.39 is 95.8 Å². The van der Waals surface area contributed by atoms with E-state index in [1.165, 1.54) is 14.0 Å². The molecule has 3 heterocycles. The standard InChI is InChI=1S/C40H76N2O12/c1-15-17-42-21-22(3)34(40(11,48)29(43)16-2)53-36(46)26(7)32(52-30-20-39(10,49-14)33(45)27(8)51-30)25(6)35(38(9,47)19-23(42)4)54-37-31(44)28(41(12)13)18-24(5)50-37/h22-35,37,43-45,47-48H,15-21H2,1-14H3/t22-,23+,24+,25-,26+,27-,28-,29-,30-,31?,32-,33-,34+,35+,37-,38+,39+,40+/m0/s1. The maximum Gasteiger partial charge on any atom is 0.311 e. The molecule has 14 heteroatoms. The number of methoxy groups -OCH3 is 1. The first-order valence-electron chi connectivity index (χ1n) is 20.2. The van der Waals surface area contributed by atoms with Crippen molar-refractivity contribution in [1.82, 2.24) is 9.80 Å². The van der Waals surface area contributed by atoms with E-state index in [0.717, 1.165) is 6.42 Å². The van der Waals surface area contributed by atoms with Gasteiger partial charge in [0.25, 0.3) is 0 Å². The minimum Gasteiger partial charge on any atom is -0.459 e. The third kappa shape index (κ3) is 10.7. The van der Waals surface area contributed by atoms with Crippen molar-refractivity contribution in [1.29, 1.82) is 0 Å². The largest absolute Gasteiger partial charge is 0.459 e. The fourth-order valence-electron chi connectivity index (χ4n) is 9.14. The van der Waals surface area contributed by atoms with Gasteiger partial charge in [0.05, 0.1) is 47.6 Å². The number of aliphatic hydroxyl groups excluding tert-OH is 3. The lowest BCUT2D eigenvalue weighted by Crippen LogP contribution is -2.60. The Morgan fingerprint density at radius 3 is 2.22 bits per heavy atom. The summed E-state index contributed by atoms with van der Waals surface area (Å²) in [6, 6.07) is -0.485. The highest BCUT2D eigenvalue weighted by molar-refractivity contribution is 5.73. The van der Waals surface area contributed by atoms with E-state index in [2.05, 4.69) is 11.8 Å². The lowest BCUT2D eigenvalue weighted by molar-refractivity contribution is -0.318. The van der Waals surface area contributed by atoms with E-state index in [-0.39, 0.29) is 37.5 Å². The molecule has 0 radical (unpaired) electrons. The first kappa shape index (κ1) is 47.4.